The molecule has 2 heterocycles. The van der Waals surface area contributed by atoms with Crippen molar-refractivity contribution in [1.82, 2.24) is 4.98 Å². The van der Waals surface area contributed by atoms with Crippen LogP contribution in [0.25, 0.3) is 0 Å². The molecule has 0 amide bonds. The number of benzene rings is 1. The zero-order valence-corrected chi connectivity index (χ0v) is 17.7. The van der Waals surface area contributed by atoms with Crippen molar-refractivity contribution in [1.29, 1.82) is 0 Å². The van der Waals surface area contributed by atoms with Crippen molar-refractivity contribution < 1.29 is 19.7 Å². The molecular weight excluding hydrogens is 410 g/mol. The van der Waals surface area contributed by atoms with Gasteiger partial charge in [0.15, 0.2) is 0 Å². The Kier molecular flexibility index (Phi) is 5.56. The predicted molar refractivity (Wildman–Crippen MR) is 111 cm³/mol. The summed E-state index contributed by atoms with van der Waals surface area (Å²) < 4.78 is 12.4. The van der Waals surface area contributed by atoms with Gasteiger partial charge in [-0.3, -0.25) is 0 Å². The molecule has 1 aliphatic heterocycles. The largest absolute Gasteiger partial charge is 0.493 e. The van der Waals surface area contributed by atoms with Gasteiger partial charge in [0.25, 0.3) is 0 Å². The summed E-state index contributed by atoms with van der Waals surface area (Å²) in [5.74, 6) is 1.79. The maximum Gasteiger partial charge on any atom is 0.122 e. The lowest BCUT2D eigenvalue weighted by atomic mass is 9.87. The molecule has 2 aliphatic carbocycles. The second-order valence-electron chi connectivity index (χ2n) is 8.48. The Balaban J connectivity index is 1.22. The minimum Gasteiger partial charge on any atom is -0.493 e. The van der Waals surface area contributed by atoms with Crippen LogP contribution in [0.2, 0.25) is 5.02 Å². The Morgan fingerprint density at radius 3 is 2.86 bits per heavy atom. The van der Waals surface area contributed by atoms with Gasteiger partial charge in [-0.2, -0.15) is 0 Å². The molecule has 2 N–H and O–H groups in total. The van der Waals surface area contributed by atoms with Gasteiger partial charge in [0.1, 0.15) is 16.9 Å². The molecule has 0 spiro atoms. The van der Waals surface area contributed by atoms with Crippen LogP contribution in [-0.2, 0) is 11.3 Å². The standard InChI is InChI=1S/C22H26ClNO4S/c23-18-5-3-14(7-16(18)12-1-2-12)27-10-17-15-4-6-20(28-21(15)8-19(17)26)22-24-13(9-25)11-29-22/h3,5,7,11-12,15,17,19-21,25-26H,1-2,4,6,8-10H2/t15-,17-,19-,20-,21+/m1/s1. The Hall–Kier alpha value is -1.18. The highest BCUT2D eigenvalue weighted by Gasteiger charge is 2.47. The lowest BCUT2D eigenvalue weighted by Crippen LogP contribution is -2.33. The van der Waals surface area contributed by atoms with E-state index in [2.05, 4.69) is 11.1 Å². The van der Waals surface area contributed by atoms with Gasteiger partial charge in [-0.25, -0.2) is 4.98 Å². The molecule has 5 atom stereocenters. The number of hydrogen-bond acceptors (Lipinski definition) is 6. The monoisotopic (exact) mass is 435 g/mol. The lowest BCUT2D eigenvalue weighted by Gasteiger charge is -2.33. The molecule has 3 aliphatic rings. The van der Waals surface area contributed by atoms with Gasteiger partial charge in [-0.05, 0) is 61.3 Å². The zero-order valence-electron chi connectivity index (χ0n) is 16.2. The molecule has 2 aromatic rings. The summed E-state index contributed by atoms with van der Waals surface area (Å²) in [6.07, 6.45) is 4.50. The number of hydrogen-bond donors (Lipinski definition) is 2. The first-order valence-corrected chi connectivity index (χ1v) is 11.7. The Labute approximate surface area is 179 Å². The summed E-state index contributed by atoms with van der Waals surface area (Å²) >= 11 is 7.86. The number of aromatic nitrogens is 1. The summed E-state index contributed by atoms with van der Waals surface area (Å²) in [4.78, 5) is 4.46. The molecule has 156 valence electrons. The van der Waals surface area contributed by atoms with Crippen LogP contribution >= 0.6 is 22.9 Å². The number of nitrogens with zero attached hydrogens (tertiary/aromatic N) is 1. The third kappa shape index (κ3) is 4.06. The number of ether oxygens (including phenoxy) is 2. The quantitative estimate of drug-likeness (QED) is 0.700. The van der Waals surface area contributed by atoms with E-state index in [9.17, 15) is 10.2 Å². The van der Waals surface area contributed by atoms with Crippen LogP contribution in [-0.4, -0.2) is 34.0 Å². The summed E-state index contributed by atoms with van der Waals surface area (Å²) in [5.41, 5.74) is 1.88. The third-order valence-electron chi connectivity index (χ3n) is 6.53. The molecular formula is C22H26ClNO4S. The first kappa shape index (κ1) is 19.8. The fourth-order valence-electron chi connectivity index (χ4n) is 4.80. The second kappa shape index (κ2) is 8.16. The molecule has 0 bridgehead atoms. The van der Waals surface area contributed by atoms with Crippen LogP contribution in [0.4, 0.5) is 0 Å². The van der Waals surface area contributed by atoms with E-state index >= 15 is 0 Å². The molecule has 0 unspecified atom stereocenters. The number of thiazole rings is 1. The maximum atomic E-state index is 10.7. The van der Waals surface area contributed by atoms with Crippen LogP contribution in [0.1, 0.15) is 60.4 Å². The fraction of sp³-hybridized carbons (Fsp3) is 0.591. The molecule has 1 aromatic heterocycles. The molecule has 1 saturated heterocycles. The van der Waals surface area contributed by atoms with Crippen molar-refractivity contribution in [2.24, 2.45) is 11.8 Å². The predicted octanol–water partition coefficient (Wildman–Crippen LogP) is 4.46. The summed E-state index contributed by atoms with van der Waals surface area (Å²) in [5, 5.41) is 23.5. The van der Waals surface area contributed by atoms with Crippen LogP contribution < -0.4 is 4.74 Å². The van der Waals surface area contributed by atoms with E-state index in [4.69, 9.17) is 21.1 Å². The van der Waals surface area contributed by atoms with Crippen molar-refractivity contribution >= 4 is 22.9 Å². The van der Waals surface area contributed by atoms with E-state index in [0.717, 1.165) is 28.6 Å². The highest BCUT2D eigenvalue weighted by molar-refractivity contribution is 7.09. The molecule has 7 heteroatoms. The molecule has 29 heavy (non-hydrogen) atoms. The van der Waals surface area contributed by atoms with Gasteiger partial charge >= 0.3 is 0 Å². The van der Waals surface area contributed by atoms with Crippen molar-refractivity contribution in [3.63, 3.8) is 0 Å². The first-order valence-electron chi connectivity index (χ1n) is 10.4. The normalized spacial score (nSPS) is 31.6. The minimum absolute atomic E-state index is 0.0334. The summed E-state index contributed by atoms with van der Waals surface area (Å²) in [6.45, 7) is 0.453. The van der Waals surface area contributed by atoms with Crippen LogP contribution in [0.3, 0.4) is 0 Å². The molecule has 0 radical (unpaired) electrons. The van der Waals surface area contributed by atoms with Crippen LogP contribution in [0.15, 0.2) is 23.6 Å². The minimum atomic E-state index is -0.414. The molecule has 1 aromatic carbocycles. The Morgan fingerprint density at radius 1 is 1.24 bits per heavy atom. The van der Waals surface area contributed by atoms with Gasteiger partial charge in [0, 0.05) is 22.7 Å². The molecule has 5 rings (SSSR count). The van der Waals surface area contributed by atoms with Gasteiger partial charge in [-0.1, -0.05) is 11.6 Å². The highest BCUT2D eigenvalue weighted by atomic mass is 35.5. The van der Waals surface area contributed by atoms with Gasteiger partial charge in [0.05, 0.1) is 31.1 Å². The number of aliphatic hydroxyl groups excluding tert-OH is 2. The van der Waals surface area contributed by atoms with Crippen molar-refractivity contribution in [3.8, 4) is 5.75 Å². The zero-order chi connectivity index (χ0) is 20.0. The number of rotatable bonds is 6. The topological polar surface area (TPSA) is 71.8 Å². The van der Waals surface area contributed by atoms with Crippen molar-refractivity contribution in [2.75, 3.05) is 6.61 Å². The Bertz CT molecular complexity index is 870. The maximum absolute atomic E-state index is 10.7. The molecule has 5 nitrogen and oxygen atoms in total. The average molecular weight is 436 g/mol. The number of aliphatic hydroxyl groups is 2. The lowest BCUT2D eigenvalue weighted by molar-refractivity contribution is -0.0812. The van der Waals surface area contributed by atoms with Gasteiger partial charge < -0.3 is 19.7 Å². The number of fused-ring (bicyclic) bond motifs is 1. The first-order chi connectivity index (χ1) is 14.1. The van der Waals surface area contributed by atoms with E-state index < -0.39 is 6.10 Å². The second-order valence-corrected chi connectivity index (χ2v) is 9.77. The fourth-order valence-corrected chi connectivity index (χ4v) is 5.95. The highest BCUT2D eigenvalue weighted by Crippen LogP contribution is 2.47. The molecule has 2 saturated carbocycles. The van der Waals surface area contributed by atoms with E-state index in [1.165, 1.54) is 29.7 Å². The van der Waals surface area contributed by atoms with Crippen molar-refractivity contribution in [2.45, 2.75) is 62.9 Å². The average Bonchev–Trinajstić information content (AvgIpc) is 3.36. The number of halogens is 1. The van der Waals surface area contributed by atoms with E-state index in [-0.39, 0.29) is 24.7 Å². The molecule has 3 fully saturated rings. The van der Waals surface area contributed by atoms with Crippen LogP contribution in [0, 0.1) is 11.8 Å². The van der Waals surface area contributed by atoms with Crippen molar-refractivity contribution in [3.05, 3.63) is 44.9 Å². The van der Waals surface area contributed by atoms with E-state index in [1.54, 1.807) is 0 Å². The third-order valence-corrected chi connectivity index (χ3v) is 7.86. The van der Waals surface area contributed by atoms with Crippen LogP contribution in [0.5, 0.6) is 5.75 Å². The van der Waals surface area contributed by atoms with E-state index in [0.29, 0.717) is 30.6 Å². The van der Waals surface area contributed by atoms with Gasteiger partial charge in [0.2, 0.25) is 0 Å². The Morgan fingerprint density at radius 2 is 2.10 bits per heavy atom. The van der Waals surface area contributed by atoms with E-state index in [1.807, 2.05) is 17.5 Å². The summed E-state index contributed by atoms with van der Waals surface area (Å²) in [7, 11) is 0. The SMILES string of the molecule is OCc1csc([C@H]2CC[C@@H]3[C@@H](COc4ccc(Cl)c(C5CC5)c4)[C@H](O)C[C@@H]3O2)n1. The summed E-state index contributed by atoms with van der Waals surface area (Å²) in [6, 6.07) is 5.90. The van der Waals surface area contributed by atoms with Gasteiger partial charge in [-0.15, -0.1) is 11.3 Å². The smallest absolute Gasteiger partial charge is 0.122 e.